The number of hydrogen-bond acceptors (Lipinski definition) is 9. The van der Waals surface area contributed by atoms with Gasteiger partial charge >= 0.3 is 5.97 Å². The lowest BCUT2D eigenvalue weighted by Gasteiger charge is -2.20. The predicted octanol–water partition coefficient (Wildman–Crippen LogP) is 0.325. The summed E-state index contributed by atoms with van der Waals surface area (Å²) in [6.45, 7) is -0.241. The van der Waals surface area contributed by atoms with E-state index in [0.29, 0.717) is 31.1 Å². The minimum absolute atomic E-state index is 0.0699. The number of amides is 1. The molecule has 1 aliphatic heterocycles. The number of nitriles is 2. The quantitative estimate of drug-likeness (QED) is 0.495. The van der Waals surface area contributed by atoms with Gasteiger partial charge in [0.2, 0.25) is 10.0 Å². The van der Waals surface area contributed by atoms with Gasteiger partial charge < -0.3 is 19.1 Å². The fourth-order valence-corrected chi connectivity index (χ4v) is 3.55. The molecule has 2 rings (SSSR count). The number of sulfonamides is 1. The average Bonchev–Trinajstić information content (AvgIpc) is 3.01. The number of hydrogen-bond donors (Lipinski definition) is 1. The first-order chi connectivity index (χ1) is 14.9. The highest BCUT2D eigenvalue weighted by atomic mass is 32.2. The second-order valence-corrected chi connectivity index (χ2v) is 8.11. The second kappa shape index (κ2) is 11.7. The number of rotatable bonds is 10. The lowest BCUT2D eigenvalue weighted by atomic mass is 10.3. The largest absolute Gasteiger partial charge is 0.490 e. The number of nitrogens with zero attached hydrogens (tertiary/aromatic N) is 3. The molecule has 1 aromatic rings. The Morgan fingerprint density at radius 1 is 1.10 bits per heavy atom. The molecule has 0 saturated heterocycles. The van der Waals surface area contributed by atoms with E-state index < -0.39 is 35.1 Å². The van der Waals surface area contributed by atoms with Crippen LogP contribution in [0.1, 0.15) is 19.3 Å². The van der Waals surface area contributed by atoms with E-state index in [0.717, 1.165) is 0 Å². The molecule has 0 aliphatic carbocycles. The van der Waals surface area contributed by atoms with Crippen LogP contribution in [0.3, 0.4) is 0 Å². The van der Waals surface area contributed by atoms with Crippen molar-refractivity contribution in [3.63, 3.8) is 0 Å². The maximum atomic E-state index is 12.4. The van der Waals surface area contributed by atoms with Crippen molar-refractivity contribution in [1.82, 2.24) is 9.62 Å². The molecule has 0 bridgehead atoms. The highest BCUT2D eigenvalue weighted by molar-refractivity contribution is 7.89. The van der Waals surface area contributed by atoms with Crippen LogP contribution in [-0.2, 0) is 24.3 Å². The third-order valence-electron chi connectivity index (χ3n) is 4.13. The molecule has 166 valence electrons. The Balaban J connectivity index is 1.88. The van der Waals surface area contributed by atoms with Gasteiger partial charge in [-0.3, -0.25) is 9.59 Å². The molecule has 1 heterocycles. The minimum atomic E-state index is -4.03. The van der Waals surface area contributed by atoms with Crippen molar-refractivity contribution >= 4 is 21.9 Å². The van der Waals surface area contributed by atoms with Gasteiger partial charge in [0.25, 0.3) is 5.91 Å². The van der Waals surface area contributed by atoms with Crippen LogP contribution in [0.2, 0.25) is 0 Å². The molecule has 31 heavy (non-hydrogen) atoms. The van der Waals surface area contributed by atoms with Crippen molar-refractivity contribution in [3.8, 4) is 23.6 Å². The van der Waals surface area contributed by atoms with Gasteiger partial charge in [-0.2, -0.15) is 15.2 Å². The van der Waals surface area contributed by atoms with Crippen LogP contribution in [0.5, 0.6) is 11.5 Å². The molecule has 1 N–H and O–H groups in total. The van der Waals surface area contributed by atoms with Gasteiger partial charge in [-0.15, -0.1) is 0 Å². The summed E-state index contributed by atoms with van der Waals surface area (Å²) < 4.78 is 42.7. The van der Waals surface area contributed by atoms with Gasteiger partial charge in [0, 0.05) is 25.6 Å². The molecule has 1 aromatic carbocycles. The lowest BCUT2D eigenvalue weighted by molar-refractivity contribution is -0.151. The van der Waals surface area contributed by atoms with Crippen LogP contribution in [-0.4, -0.2) is 64.6 Å². The molecule has 0 saturated carbocycles. The number of nitrogens with one attached hydrogen (secondary N) is 1. The molecule has 0 unspecified atom stereocenters. The van der Waals surface area contributed by atoms with E-state index in [1.54, 1.807) is 0 Å². The van der Waals surface area contributed by atoms with Gasteiger partial charge in [0.05, 0.1) is 43.1 Å². The first-order valence-electron chi connectivity index (χ1n) is 9.44. The van der Waals surface area contributed by atoms with E-state index in [9.17, 15) is 18.0 Å². The zero-order valence-electron chi connectivity index (χ0n) is 16.7. The molecule has 0 aromatic heterocycles. The minimum Gasteiger partial charge on any atom is -0.490 e. The van der Waals surface area contributed by atoms with Crippen LogP contribution in [0, 0.1) is 22.7 Å². The summed E-state index contributed by atoms with van der Waals surface area (Å²) in [6.07, 6.45) is 0.810. The Morgan fingerprint density at radius 2 is 1.74 bits per heavy atom. The van der Waals surface area contributed by atoms with E-state index in [1.807, 2.05) is 12.1 Å². The average molecular weight is 450 g/mol. The van der Waals surface area contributed by atoms with E-state index >= 15 is 0 Å². The molecular weight excluding hydrogens is 428 g/mol. The van der Waals surface area contributed by atoms with E-state index in [2.05, 4.69) is 4.72 Å². The molecule has 1 aliphatic rings. The molecular formula is C19H22N4O7S. The molecule has 0 spiro atoms. The van der Waals surface area contributed by atoms with Crippen LogP contribution in [0.15, 0.2) is 23.1 Å². The third kappa shape index (κ3) is 7.44. The summed E-state index contributed by atoms with van der Waals surface area (Å²) in [7, 11) is -4.03. The van der Waals surface area contributed by atoms with E-state index in [-0.39, 0.29) is 30.8 Å². The highest BCUT2D eigenvalue weighted by Gasteiger charge is 2.21. The second-order valence-electron chi connectivity index (χ2n) is 6.34. The first kappa shape index (κ1) is 23.9. The Hall–Kier alpha value is -3.35. The Bertz CT molecular complexity index is 964. The summed E-state index contributed by atoms with van der Waals surface area (Å²) in [4.78, 5) is 25.1. The molecule has 12 heteroatoms. The smallest absolute Gasteiger partial charge is 0.321 e. The summed E-state index contributed by atoms with van der Waals surface area (Å²) in [6, 6.07) is 7.89. The van der Waals surface area contributed by atoms with E-state index in [4.69, 9.17) is 24.7 Å². The predicted molar refractivity (Wildman–Crippen MR) is 105 cm³/mol. The molecule has 0 atom stereocenters. The van der Waals surface area contributed by atoms with E-state index in [1.165, 1.54) is 23.1 Å². The summed E-state index contributed by atoms with van der Waals surface area (Å²) in [5, 5.41) is 17.3. The SMILES string of the molecule is N#CCCN(CCC#N)C(=O)COC(=O)CNS(=O)(=O)c1ccc2c(c1)OCCCO2. The third-order valence-corrected chi connectivity index (χ3v) is 5.53. The zero-order chi connectivity index (χ0) is 22.7. The number of fused-ring (bicyclic) bond motifs is 1. The van der Waals surface area contributed by atoms with Crippen molar-refractivity contribution in [2.24, 2.45) is 0 Å². The van der Waals surface area contributed by atoms with Gasteiger partial charge in [-0.1, -0.05) is 0 Å². The topological polar surface area (TPSA) is 159 Å². The number of carbonyl (C=O) groups is 2. The fourth-order valence-electron chi connectivity index (χ4n) is 2.56. The first-order valence-corrected chi connectivity index (χ1v) is 10.9. The Labute approximate surface area is 180 Å². The van der Waals surface area contributed by atoms with Gasteiger partial charge in [-0.05, 0) is 12.1 Å². The van der Waals surface area contributed by atoms with Crippen molar-refractivity contribution in [2.75, 3.05) is 39.5 Å². The summed E-state index contributed by atoms with van der Waals surface area (Å²) in [5.41, 5.74) is 0. The van der Waals surface area contributed by atoms with Gasteiger partial charge in [0.15, 0.2) is 18.1 Å². The van der Waals surface area contributed by atoms with Crippen LogP contribution in [0.25, 0.3) is 0 Å². The number of benzene rings is 1. The van der Waals surface area contributed by atoms with Crippen molar-refractivity contribution < 1.29 is 32.2 Å². The highest BCUT2D eigenvalue weighted by Crippen LogP contribution is 2.31. The van der Waals surface area contributed by atoms with Gasteiger partial charge in [0.1, 0.15) is 6.54 Å². The Morgan fingerprint density at radius 3 is 2.39 bits per heavy atom. The zero-order valence-corrected chi connectivity index (χ0v) is 17.5. The maximum Gasteiger partial charge on any atom is 0.321 e. The summed E-state index contributed by atoms with van der Waals surface area (Å²) >= 11 is 0. The molecule has 0 radical (unpaired) electrons. The van der Waals surface area contributed by atoms with Crippen LogP contribution >= 0.6 is 0 Å². The van der Waals surface area contributed by atoms with Crippen LogP contribution in [0.4, 0.5) is 0 Å². The van der Waals surface area contributed by atoms with Crippen molar-refractivity contribution in [2.45, 2.75) is 24.2 Å². The van der Waals surface area contributed by atoms with Crippen molar-refractivity contribution in [1.29, 1.82) is 10.5 Å². The molecule has 11 nitrogen and oxygen atoms in total. The monoisotopic (exact) mass is 450 g/mol. The normalized spacial score (nSPS) is 12.7. The molecule has 0 fully saturated rings. The number of ether oxygens (including phenoxy) is 3. The maximum absolute atomic E-state index is 12.4. The van der Waals surface area contributed by atoms with Crippen molar-refractivity contribution in [3.05, 3.63) is 18.2 Å². The fraction of sp³-hybridized carbons (Fsp3) is 0.474. The number of carbonyl (C=O) groups excluding carboxylic acids is 2. The van der Waals surface area contributed by atoms with Gasteiger partial charge in [-0.25, -0.2) is 8.42 Å². The van der Waals surface area contributed by atoms with Crippen LogP contribution < -0.4 is 14.2 Å². The summed E-state index contributed by atoms with van der Waals surface area (Å²) in [5.74, 6) is -0.800. The lowest BCUT2D eigenvalue weighted by Crippen LogP contribution is -2.37. The number of esters is 1. The standard InChI is InChI=1S/C19H22N4O7S/c20-6-1-8-23(9-2-7-21)18(24)14-30-19(25)13-22-31(26,27)15-4-5-16-17(12-15)29-11-3-10-28-16/h4-5,12,22H,1-3,8-11,13-14H2. The molecule has 1 amide bonds. The Kier molecular flexibility index (Phi) is 9.06.